The Labute approximate surface area is 158 Å². The van der Waals surface area contributed by atoms with Crippen molar-refractivity contribution in [2.75, 3.05) is 26.4 Å². The number of amides is 3. The first kappa shape index (κ1) is 22.3. The van der Waals surface area contributed by atoms with Gasteiger partial charge in [-0.2, -0.15) is 0 Å². The van der Waals surface area contributed by atoms with Crippen molar-refractivity contribution in [2.45, 2.75) is 64.3 Å². The maximum atomic E-state index is 13.2. The lowest BCUT2D eigenvalue weighted by Crippen LogP contribution is -2.63. The number of epoxide rings is 1. The number of rotatable bonds is 10. The van der Waals surface area contributed by atoms with Crippen LogP contribution in [0.4, 0.5) is 4.79 Å². The van der Waals surface area contributed by atoms with Crippen molar-refractivity contribution in [3.05, 3.63) is 0 Å². The summed E-state index contributed by atoms with van der Waals surface area (Å²) < 4.78 is 28.7. The Hall–Kier alpha value is -1.03. The minimum absolute atomic E-state index is 0.0142. The van der Waals surface area contributed by atoms with Crippen molar-refractivity contribution in [3.8, 4) is 0 Å². The van der Waals surface area contributed by atoms with E-state index in [-0.39, 0.29) is 32.3 Å². The van der Waals surface area contributed by atoms with Crippen LogP contribution in [0.5, 0.6) is 0 Å². The molecule has 0 aliphatic carbocycles. The van der Waals surface area contributed by atoms with Crippen molar-refractivity contribution in [3.63, 3.8) is 0 Å². The highest BCUT2D eigenvalue weighted by Crippen LogP contribution is 2.52. The predicted molar refractivity (Wildman–Crippen MR) is 94.9 cm³/mol. The largest absolute Gasteiger partial charge is 0.371 e. The lowest BCUT2D eigenvalue weighted by molar-refractivity contribution is -0.293. The molecule has 10 nitrogen and oxygen atoms in total. The van der Waals surface area contributed by atoms with Crippen molar-refractivity contribution in [1.82, 2.24) is 9.80 Å². The maximum Gasteiger partial charge on any atom is 0.336 e. The van der Waals surface area contributed by atoms with Crippen LogP contribution in [-0.2, 0) is 23.6 Å². The second-order valence-electron chi connectivity index (χ2n) is 7.06. The van der Waals surface area contributed by atoms with E-state index in [1.54, 1.807) is 34.6 Å². The normalized spacial score (nSPS) is 23.9. The van der Waals surface area contributed by atoms with Gasteiger partial charge < -0.3 is 28.9 Å². The van der Waals surface area contributed by atoms with E-state index >= 15 is 0 Å². The van der Waals surface area contributed by atoms with Gasteiger partial charge in [0.2, 0.25) is 0 Å². The Morgan fingerprint density at radius 3 is 2.15 bits per heavy atom. The molecule has 0 radical (unpaired) electrons. The minimum atomic E-state index is -4.78. The smallest absolute Gasteiger partial charge is 0.336 e. The van der Waals surface area contributed by atoms with Gasteiger partial charge in [0.25, 0.3) is 11.8 Å². The van der Waals surface area contributed by atoms with Gasteiger partial charge in [0.1, 0.15) is 11.2 Å². The number of imide groups is 1. The molecule has 11 heteroatoms. The van der Waals surface area contributed by atoms with E-state index in [4.69, 9.17) is 14.2 Å². The minimum Gasteiger partial charge on any atom is -0.371 e. The van der Waals surface area contributed by atoms with E-state index in [9.17, 15) is 23.9 Å². The first-order valence-corrected chi connectivity index (χ1v) is 10.8. The summed E-state index contributed by atoms with van der Waals surface area (Å²) in [4.78, 5) is 48.3. The van der Waals surface area contributed by atoms with Gasteiger partial charge >= 0.3 is 13.6 Å². The lowest BCUT2D eigenvalue weighted by atomic mass is 10.0. The van der Waals surface area contributed by atoms with Gasteiger partial charge in [0.15, 0.2) is 0 Å². The fourth-order valence-electron chi connectivity index (χ4n) is 3.43. The van der Waals surface area contributed by atoms with E-state index in [0.717, 1.165) is 4.90 Å². The fourth-order valence-corrected chi connectivity index (χ4v) is 4.59. The molecule has 0 aromatic heterocycles. The molecular weight excluding hydrogens is 379 g/mol. The van der Waals surface area contributed by atoms with Crippen LogP contribution in [-0.4, -0.2) is 81.1 Å². The Balaban J connectivity index is 2.58. The average Bonchev–Trinajstić information content (AvgIpc) is 3.33. The zero-order valence-electron chi connectivity index (χ0n) is 16.4. The summed E-state index contributed by atoms with van der Waals surface area (Å²) in [6, 6.07) is -0.714. The molecule has 2 rings (SSSR count). The molecule has 27 heavy (non-hydrogen) atoms. The highest BCUT2D eigenvalue weighted by molar-refractivity contribution is 7.52. The van der Waals surface area contributed by atoms with Crippen LogP contribution in [0, 0.1) is 0 Å². The van der Waals surface area contributed by atoms with Gasteiger partial charge in [-0.05, 0) is 34.1 Å². The third-order valence-electron chi connectivity index (χ3n) is 4.84. The molecule has 0 saturated carbocycles. The monoisotopic (exact) mass is 408 g/mol. The third-order valence-corrected chi connectivity index (χ3v) is 6.34. The van der Waals surface area contributed by atoms with Crippen LogP contribution in [0.3, 0.4) is 0 Å². The first-order valence-electron chi connectivity index (χ1n) is 9.08. The zero-order valence-corrected chi connectivity index (χ0v) is 17.3. The Morgan fingerprint density at radius 1 is 1.26 bits per heavy atom. The topological polar surface area (TPSA) is 129 Å². The van der Waals surface area contributed by atoms with Crippen LogP contribution in [0.25, 0.3) is 0 Å². The van der Waals surface area contributed by atoms with Crippen LogP contribution < -0.4 is 0 Å². The highest BCUT2D eigenvalue weighted by atomic mass is 31.2. The van der Waals surface area contributed by atoms with Gasteiger partial charge in [0, 0.05) is 13.2 Å². The summed E-state index contributed by atoms with van der Waals surface area (Å²) in [6.07, 6.45) is -0.216. The number of urea groups is 1. The number of carbonyl (C=O) groups excluding carboxylic acids is 2. The average molecular weight is 408 g/mol. The zero-order chi connectivity index (χ0) is 20.6. The van der Waals surface area contributed by atoms with Crippen molar-refractivity contribution in [1.29, 1.82) is 0 Å². The molecule has 2 atom stereocenters. The molecule has 2 saturated heterocycles. The van der Waals surface area contributed by atoms with Gasteiger partial charge in [-0.25, -0.2) is 9.69 Å². The Morgan fingerprint density at radius 2 is 1.78 bits per heavy atom. The van der Waals surface area contributed by atoms with E-state index < -0.39 is 36.6 Å². The first-order chi connectivity index (χ1) is 12.5. The summed E-state index contributed by atoms with van der Waals surface area (Å²) in [5, 5.41) is 0. The van der Waals surface area contributed by atoms with Crippen LogP contribution in [0.1, 0.15) is 41.0 Å². The standard InChI is InChI=1S/C16H29N2O8P/c1-6-12(27(21,22)23)16(25-7-2,26-8-3)18-13(19)15(4,5)17(14(18)20)9-11-10-24-11/h11-12H,6-10H2,1-5H3,(H2,21,22,23). The molecule has 0 aromatic rings. The SMILES string of the molecule is CCOC(OCC)(C(CC)P(=O)(O)O)N1C(=O)N(CC2CO2)C(C)(C)C1=O. The van der Waals surface area contributed by atoms with Crippen LogP contribution >= 0.6 is 7.60 Å². The number of ether oxygens (including phenoxy) is 3. The lowest BCUT2D eigenvalue weighted by Gasteiger charge is -2.43. The predicted octanol–water partition coefficient (Wildman–Crippen LogP) is 1.11. The quantitative estimate of drug-likeness (QED) is 0.238. The van der Waals surface area contributed by atoms with E-state index in [1.807, 2.05) is 0 Å². The van der Waals surface area contributed by atoms with E-state index in [0.29, 0.717) is 6.61 Å². The van der Waals surface area contributed by atoms with Crippen LogP contribution in [0.15, 0.2) is 0 Å². The molecule has 2 aliphatic rings. The van der Waals surface area contributed by atoms with Gasteiger partial charge in [-0.3, -0.25) is 9.36 Å². The van der Waals surface area contributed by atoms with Crippen molar-refractivity contribution >= 4 is 19.5 Å². The third kappa shape index (κ3) is 3.92. The second kappa shape index (κ2) is 7.77. The van der Waals surface area contributed by atoms with Gasteiger partial charge in [0.05, 0.1) is 19.3 Å². The van der Waals surface area contributed by atoms with Crippen molar-refractivity contribution < 1.29 is 38.2 Å². The molecular formula is C16H29N2O8P. The number of nitrogens with zero attached hydrogens (tertiary/aromatic N) is 2. The maximum absolute atomic E-state index is 13.2. The highest BCUT2D eigenvalue weighted by Gasteiger charge is 2.65. The molecule has 0 aromatic carbocycles. The van der Waals surface area contributed by atoms with E-state index in [1.165, 1.54) is 4.90 Å². The molecule has 2 N–H and O–H groups in total. The van der Waals surface area contributed by atoms with E-state index in [2.05, 4.69) is 0 Å². The van der Waals surface area contributed by atoms with Gasteiger partial charge in [-0.15, -0.1) is 0 Å². The number of hydrogen-bond acceptors (Lipinski definition) is 6. The molecule has 2 aliphatic heterocycles. The molecule has 3 amide bonds. The van der Waals surface area contributed by atoms with Crippen LogP contribution in [0.2, 0.25) is 0 Å². The number of carbonyl (C=O) groups is 2. The van der Waals surface area contributed by atoms with Gasteiger partial charge in [-0.1, -0.05) is 6.92 Å². The van der Waals surface area contributed by atoms with Crippen molar-refractivity contribution in [2.24, 2.45) is 0 Å². The Bertz CT molecular complexity index is 624. The molecule has 156 valence electrons. The molecule has 2 unspecified atom stereocenters. The molecule has 0 bridgehead atoms. The summed E-state index contributed by atoms with van der Waals surface area (Å²) in [6.45, 7) is 8.58. The summed E-state index contributed by atoms with van der Waals surface area (Å²) in [5.41, 5.74) is -2.75. The molecule has 2 fully saturated rings. The second-order valence-corrected chi connectivity index (χ2v) is 8.86. The summed E-state index contributed by atoms with van der Waals surface area (Å²) in [5.74, 6) is -2.83. The molecule has 0 spiro atoms. The fraction of sp³-hybridized carbons (Fsp3) is 0.875. The summed E-state index contributed by atoms with van der Waals surface area (Å²) in [7, 11) is -4.78. The summed E-state index contributed by atoms with van der Waals surface area (Å²) >= 11 is 0. The molecule has 2 heterocycles. The Kier molecular flexibility index (Phi) is 6.41. The number of hydrogen-bond donors (Lipinski definition) is 2.